The highest BCUT2D eigenvalue weighted by molar-refractivity contribution is 5.95. The zero-order valence-corrected chi connectivity index (χ0v) is 21.4. The standard InChI is InChI=1S/C28H28N6O4/c1-17(18-8-5-4-6-9-18)29-28(35)20-10-7-11-21(14-20)34-27(30-31-32-34)24-23-19(12-13-33(24)2)15-22-25(26(23)36-3)38-16-37-22/h4-11,14-15,17,24H,12-13,16H2,1-3H3,(H,29,35)/t17-,24-/m0/s1. The lowest BCUT2D eigenvalue weighted by Gasteiger charge is -2.34. The van der Waals surface area contributed by atoms with Crippen LogP contribution in [0.4, 0.5) is 0 Å². The van der Waals surface area contributed by atoms with E-state index in [4.69, 9.17) is 14.2 Å². The average molecular weight is 513 g/mol. The van der Waals surface area contributed by atoms with Gasteiger partial charge in [0.1, 0.15) is 6.04 Å². The summed E-state index contributed by atoms with van der Waals surface area (Å²) in [6.07, 6.45) is 0.826. The van der Waals surface area contributed by atoms with Crippen LogP contribution in [0, 0.1) is 0 Å². The average Bonchev–Trinajstić information content (AvgIpc) is 3.62. The predicted octanol–water partition coefficient (Wildman–Crippen LogP) is 3.47. The Bertz CT molecular complexity index is 1490. The molecule has 3 heterocycles. The Hall–Kier alpha value is -4.44. The van der Waals surface area contributed by atoms with Crippen molar-refractivity contribution < 1.29 is 19.0 Å². The molecule has 0 aliphatic carbocycles. The van der Waals surface area contributed by atoms with Gasteiger partial charge < -0.3 is 19.5 Å². The number of nitrogens with one attached hydrogen (secondary N) is 1. The van der Waals surface area contributed by atoms with Gasteiger partial charge in [0.15, 0.2) is 17.3 Å². The van der Waals surface area contributed by atoms with E-state index in [-0.39, 0.29) is 24.8 Å². The van der Waals surface area contributed by atoms with Gasteiger partial charge in [-0.2, -0.15) is 4.68 Å². The summed E-state index contributed by atoms with van der Waals surface area (Å²) in [5.74, 6) is 2.35. The molecule has 0 radical (unpaired) electrons. The van der Waals surface area contributed by atoms with Gasteiger partial charge in [0.05, 0.1) is 18.8 Å². The van der Waals surface area contributed by atoms with Crippen LogP contribution in [0.3, 0.4) is 0 Å². The molecule has 1 amide bonds. The summed E-state index contributed by atoms with van der Waals surface area (Å²) in [6.45, 7) is 2.92. The number of amides is 1. The van der Waals surface area contributed by atoms with E-state index in [1.807, 2.05) is 62.5 Å². The molecule has 0 saturated heterocycles. The van der Waals surface area contributed by atoms with Crippen LogP contribution in [0.15, 0.2) is 60.7 Å². The maximum Gasteiger partial charge on any atom is 0.251 e. The van der Waals surface area contributed by atoms with Crippen LogP contribution in [-0.2, 0) is 6.42 Å². The molecule has 38 heavy (non-hydrogen) atoms. The number of carbonyl (C=O) groups is 1. The Morgan fingerprint density at radius 3 is 2.79 bits per heavy atom. The number of nitrogens with zero attached hydrogens (tertiary/aromatic N) is 5. The summed E-state index contributed by atoms with van der Waals surface area (Å²) in [7, 11) is 3.66. The van der Waals surface area contributed by atoms with Crippen LogP contribution < -0.4 is 19.5 Å². The SMILES string of the molecule is COc1c2c(cc3c1[C@@H](c1nnnn1-c1cccc(C(=O)N[C@@H](C)c4ccccc4)c1)N(C)CC3)OCO2. The van der Waals surface area contributed by atoms with Crippen molar-refractivity contribution in [3.05, 3.63) is 88.7 Å². The van der Waals surface area contributed by atoms with Crippen molar-refractivity contribution in [3.63, 3.8) is 0 Å². The number of likely N-dealkylation sites (N-methyl/N-ethyl adjacent to an activating group) is 1. The third kappa shape index (κ3) is 4.12. The fraction of sp³-hybridized carbons (Fsp3) is 0.286. The van der Waals surface area contributed by atoms with E-state index in [1.54, 1.807) is 23.9 Å². The molecule has 0 bridgehead atoms. The van der Waals surface area contributed by atoms with Gasteiger partial charge in [-0.05, 0) is 66.2 Å². The molecule has 10 heteroatoms. The van der Waals surface area contributed by atoms with Crippen molar-refractivity contribution in [2.45, 2.75) is 25.4 Å². The number of methoxy groups -OCH3 is 1. The number of carbonyl (C=O) groups excluding carboxylic acids is 1. The van der Waals surface area contributed by atoms with Crippen LogP contribution in [0.5, 0.6) is 17.2 Å². The summed E-state index contributed by atoms with van der Waals surface area (Å²) in [4.78, 5) is 15.3. The highest BCUT2D eigenvalue weighted by atomic mass is 16.7. The van der Waals surface area contributed by atoms with Gasteiger partial charge in [0.25, 0.3) is 5.91 Å². The van der Waals surface area contributed by atoms with Crippen LogP contribution in [0.1, 0.15) is 51.9 Å². The maximum atomic E-state index is 13.1. The van der Waals surface area contributed by atoms with Gasteiger partial charge in [0.2, 0.25) is 12.5 Å². The second-order valence-corrected chi connectivity index (χ2v) is 9.45. The van der Waals surface area contributed by atoms with Crippen LogP contribution in [0.25, 0.3) is 5.69 Å². The van der Waals surface area contributed by atoms with Gasteiger partial charge in [-0.15, -0.1) is 5.10 Å². The van der Waals surface area contributed by atoms with E-state index >= 15 is 0 Å². The number of aromatic nitrogens is 4. The summed E-state index contributed by atoms with van der Waals surface area (Å²) in [6, 6.07) is 18.8. The Kier molecular flexibility index (Phi) is 6.16. The van der Waals surface area contributed by atoms with Crippen LogP contribution in [0.2, 0.25) is 0 Å². The zero-order valence-electron chi connectivity index (χ0n) is 21.4. The van der Waals surface area contributed by atoms with Crippen LogP contribution in [-0.4, -0.2) is 58.5 Å². The van der Waals surface area contributed by atoms with Gasteiger partial charge >= 0.3 is 0 Å². The minimum atomic E-state index is -0.297. The highest BCUT2D eigenvalue weighted by Gasteiger charge is 2.37. The number of fused-ring (bicyclic) bond motifs is 2. The van der Waals surface area contributed by atoms with Gasteiger partial charge in [0, 0.05) is 17.7 Å². The number of tetrazole rings is 1. The number of hydrogen-bond acceptors (Lipinski definition) is 8. The van der Waals surface area contributed by atoms with E-state index in [0.29, 0.717) is 34.3 Å². The molecule has 2 aliphatic heterocycles. The first-order valence-corrected chi connectivity index (χ1v) is 12.5. The number of benzene rings is 3. The Labute approximate surface area is 220 Å². The molecule has 2 aliphatic rings. The molecule has 0 spiro atoms. The minimum Gasteiger partial charge on any atom is -0.492 e. The van der Waals surface area contributed by atoms with Crippen molar-refractivity contribution >= 4 is 5.91 Å². The highest BCUT2D eigenvalue weighted by Crippen LogP contribution is 2.50. The largest absolute Gasteiger partial charge is 0.492 e. The molecule has 0 unspecified atom stereocenters. The van der Waals surface area contributed by atoms with Crippen molar-refractivity contribution in [3.8, 4) is 22.9 Å². The third-order valence-electron chi connectivity index (χ3n) is 7.13. The lowest BCUT2D eigenvalue weighted by Crippen LogP contribution is -2.35. The smallest absolute Gasteiger partial charge is 0.251 e. The lowest BCUT2D eigenvalue weighted by atomic mass is 9.90. The molecule has 194 valence electrons. The first-order valence-electron chi connectivity index (χ1n) is 12.5. The Morgan fingerprint density at radius 1 is 1.13 bits per heavy atom. The quantitative estimate of drug-likeness (QED) is 0.419. The third-order valence-corrected chi connectivity index (χ3v) is 7.13. The van der Waals surface area contributed by atoms with Gasteiger partial charge in [-0.25, -0.2) is 0 Å². The minimum absolute atomic E-state index is 0.135. The molecule has 3 aromatic carbocycles. The van der Waals surface area contributed by atoms with Crippen LogP contribution >= 0.6 is 0 Å². The normalized spacial score (nSPS) is 17.1. The molecule has 1 aromatic heterocycles. The maximum absolute atomic E-state index is 13.1. The second kappa shape index (κ2) is 9.79. The molecule has 4 aromatic rings. The number of rotatable bonds is 6. The summed E-state index contributed by atoms with van der Waals surface area (Å²) in [5.41, 5.74) is 4.29. The van der Waals surface area contributed by atoms with Crippen molar-refractivity contribution in [1.29, 1.82) is 0 Å². The summed E-state index contributed by atoms with van der Waals surface area (Å²) in [5, 5.41) is 15.8. The first-order chi connectivity index (χ1) is 18.5. The molecule has 0 fully saturated rings. The van der Waals surface area contributed by atoms with E-state index in [2.05, 4.69) is 25.7 Å². The number of ether oxygens (including phenoxy) is 3. The van der Waals surface area contributed by atoms with Gasteiger partial charge in [-0.3, -0.25) is 9.69 Å². The molecular weight excluding hydrogens is 484 g/mol. The van der Waals surface area contributed by atoms with E-state index < -0.39 is 0 Å². The molecule has 6 rings (SSSR count). The molecule has 2 atom stereocenters. The summed E-state index contributed by atoms with van der Waals surface area (Å²) >= 11 is 0. The topological polar surface area (TPSA) is 104 Å². The Morgan fingerprint density at radius 2 is 1.97 bits per heavy atom. The molecule has 10 nitrogen and oxygen atoms in total. The first kappa shape index (κ1) is 23.9. The zero-order chi connectivity index (χ0) is 26.2. The Balaban J connectivity index is 1.35. The fourth-order valence-corrected chi connectivity index (χ4v) is 5.19. The molecule has 0 saturated carbocycles. The molecular formula is C28H28N6O4. The van der Waals surface area contributed by atoms with E-state index in [0.717, 1.165) is 29.7 Å². The van der Waals surface area contributed by atoms with Crippen molar-refractivity contribution in [1.82, 2.24) is 30.4 Å². The van der Waals surface area contributed by atoms with Crippen molar-refractivity contribution in [2.24, 2.45) is 0 Å². The fourth-order valence-electron chi connectivity index (χ4n) is 5.19. The molecule has 1 N–H and O–H groups in total. The van der Waals surface area contributed by atoms with E-state index in [1.165, 1.54) is 0 Å². The second-order valence-electron chi connectivity index (χ2n) is 9.45. The van der Waals surface area contributed by atoms with Crippen molar-refractivity contribution in [2.75, 3.05) is 27.5 Å². The number of hydrogen-bond donors (Lipinski definition) is 1. The predicted molar refractivity (Wildman–Crippen MR) is 139 cm³/mol. The van der Waals surface area contributed by atoms with E-state index in [9.17, 15) is 4.79 Å². The monoisotopic (exact) mass is 512 g/mol. The van der Waals surface area contributed by atoms with Gasteiger partial charge in [-0.1, -0.05) is 36.4 Å². The lowest BCUT2D eigenvalue weighted by molar-refractivity contribution is 0.0940. The summed E-state index contributed by atoms with van der Waals surface area (Å²) < 4.78 is 18.9.